The Morgan fingerprint density at radius 3 is 2.33 bits per heavy atom. The predicted molar refractivity (Wildman–Crippen MR) is 125 cm³/mol. The molecule has 2 aromatic carbocycles. The maximum absolute atomic E-state index is 15.1. The summed E-state index contributed by atoms with van der Waals surface area (Å²) in [5, 5.41) is 13.0. The molecule has 0 atom stereocenters. The van der Waals surface area contributed by atoms with Crippen LogP contribution in [0, 0.1) is 5.82 Å². The average molecular weight is 452 g/mol. The first-order chi connectivity index (χ1) is 16.0. The fraction of sp³-hybridized carbons (Fsp3) is 0.333. The van der Waals surface area contributed by atoms with Gasteiger partial charge in [0.1, 0.15) is 11.4 Å². The molecular formula is C24H25FN4O4. The van der Waals surface area contributed by atoms with E-state index in [1.54, 1.807) is 10.6 Å². The summed E-state index contributed by atoms with van der Waals surface area (Å²) in [7, 11) is 0. The van der Waals surface area contributed by atoms with Crippen LogP contribution >= 0.6 is 0 Å². The second-order valence-electron chi connectivity index (χ2n) is 8.19. The van der Waals surface area contributed by atoms with Gasteiger partial charge < -0.3 is 29.5 Å². The normalized spacial score (nSPS) is 16.9. The van der Waals surface area contributed by atoms with Gasteiger partial charge in [0.2, 0.25) is 5.43 Å². The number of carboxylic acids is 1. The van der Waals surface area contributed by atoms with E-state index < -0.39 is 22.8 Å². The van der Waals surface area contributed by atoms with Gasteiger partial charge in [0.15, 0.2) is 0 Å². The number of nitrogens with one attached hydrogen (secondary N) is 1. The lowest BCUT2D eigenvalue weighted by Crippen LogP contribution is -2.43. The largest absolute Gasteiger partial charge is 0.477 e. The number of halogens is 1. The molecule has 8 nitrogen and oxygen atoms in total. The van der Waals surface area contributed by atoms with Crippen LogP contribution in [0.25, 0.3) is 16.6 Å². The van der Waals surface area contributed by atoms with E-state index in [0.717, 1.165) is 24.5 Å². The summed E-state index contributed by atoms with van der Waals surface area (Å²) in [6.07, 6.45) is 1.35. The second kappa shape index (κ2) is 8.84. The Balaban J connectivity index is 1.77. The topological polar surface area (TPSA) is 87.0 Å². The van der Waals surface area contributed by atoms with E-state index in [1.165, 1.54) is 12.3 Å². The maximum Gasteiger partial charge on any atom is 0.341 e. The smallest absolute Gasteiger partial charge is 0.341 e. The van der Waals surface area contributed by atoms with Crippen LogP contribution in [0.5, 0.6) is 0 Å². The standard InChI is InChI=1S/C24H25FN4O4/c25-18-13-16-21(14-22(18)27-7-5-26-6-8-27)29(15-17(23(16)30)24(31)32)20-4-2-1-3-19(20)28-9-11-33-12-10-28/h1-4,13-15,26H,5-12H2,(H,31,32). The highest BCUT2D eigenvalue weighted by Crippen LogP contribution is 2.31. The molecule has 0 unspecified atom stereocenters. The number of fused-ring (bicyclic) bond motifs is 1. The molecule has 2 saturated heterocycles. The van der Waals surface area contributed by atoms with Crippen LogP contribution in [-0.2, 0) is 4.74 Å². The maximum atomic E-state index is 15.1. The van der Waals surface area contributed by atoms with Crippen molar-refractivity contribution >= 4 is 28.2 Å². The number of nitrogens with zero attached hydrogens (tertiary/aromatic N) is 3. The number of pyridine rings is 1. The molecule has 5 rings (SSSR count). The van der Waals surface area contributed by atoms with E-state index >= 15 is 4.39 Å². The monoisotopic (exact) mass is 452 g/mol. The average Bonchev–Trinajstić information content (AvgIpc) is 2.85. The third kappa shape index (κ3) is 3.94. The summed E-state index contributed by atoms with van der Waals surface area (Å²) in [5.41, 5.74) is 1.42. The molecule has 0 aliphatic carbocycles. The van der Waals surface area contributed by atoms with Crippen LogP contribution in [0.1, 0.15) is 10.4 Å². The number of para-hydroxylation sites is 2. The Labute approximate surface area is 189 Å². The highest BCUT2D eigenvalue weighted by molar-refractivity contribution is 5.94. The number of hydrogen-bond acceptors (Lipinski definition) is 6. The van der Waals surface area contributed by atoms with Gasteiger partial charge in [-0.25, -0.2) is 9.18 Å². The molecule has 9 heteroatoms. The molecule has 3 heterocycles. The van der Waals surface area contributed by atoms with Gasteiger partial charge in [0, 0.05) is 50.9 Å². The van der Waals surface area contributed by atoms with Crippen LogP contribution in [0.15, 0.2) is 47.4 Å². The number of carbonyl (C=O) groups is 1. The van der Waals surface area contributed by atoms with Gasteiger partial charge in [-0.1, -0.05) is 12.1 Å². The van der Waals surface area contributed by atoms with Crippen molar-refractivity contribution in [1.82, 2.24) is 9.88 Å². The van der Waals surface area contributed by atoms with Crippen molar-refractivity contribution in [3.05, 3.63) is 64.2 Å². The molecule has 0 amide bonds. The molecule has 2 fully saturated rings. The molecule has 0 saturated carbocycles. The minimum Gasteiger partial charge on any atom is -0.477 e. The summed E-state index contributed by atoms with van der Waals surface area (Å²) in [4.78, 5) is 29.0. The van der Waals surface area contributed by atoms with Gasteiger partial charge in [-0.15, -0.1) is 0 Å². The summed E-state index contributed by atoms with van der Waals surface area (Å²) in [5.74, 6) is -1.87. The number of carboxylic acid groups (broad SMARTS) is 1. The lowest BCUT2D eigenvalue weighted by atomic mass is 10.1. The Hall–Kier alpha value is -3.43. The number of ether oxygens (including phenoxy) is 1. The summed E-state index contributed by atoms with van der Waals surface area (Å²) in [6.45, 7) is 5.35. The first-order valence-electron chi connectivity index (χ1n) is 11.0. The molecule has 2 aliphatic heterocycles. The number of anilines is 2. The van der Waals surface area contributed by atoms with Crippen molar-refractivity contribution in [1.29, 1.82) is 0 Å². The van der Waals surface area contributed by atoms with E-state index in [4.69, 9.17) is 4.74 Å². The van der Waals surface area contributed by atoms with Gasteiger partial charge >= 0.3 is 5.97 Å². The van der Waals surface area contributed by atoms with Crippen LogP contribution in [0.3, 0.4) is 0 Å². The Morgan fingerprint density at radius 2 is 1.64 bits per heavy atom. The second-order valence-corrected chi connectivity index (χ2v) is 8.19. The number of hydrogen-bond donors (Lipinski definition) is 2. The zero-order chi connectivity index (χ0) is 22.9. The summed E-state index contributed by atoms with van der Waals surface area (Å²) < 4.78 is 22.3. The van der Waals surface area contributed by atoms with E-state index in [2.05, 4.69) is 10.2 Å². The van der Waals surface area contributed by atoms with Gasteiger partial charge in [-0.05, 0) is 24.3 Å². The van der Waals surface area contributed by atoms with Crippen LogP contribution < -0.4 is 20.5 Å². The quantitative estimate of drug-likeness (QED) is 0.627. The van der Waals surface area contributed by atoms with E-state index in [1.807, 2.05) is 29.2 Å². The number of aromatic nitrogens is 1. The van der Waals surface area contributed by atoms with Crippen LogP contribution in [-0.4, -0.2) is 68.1 Å². The Morgan fingerprint density at radius 1 is 0.970 bits per heavy atom. The third-order valence-corrected chi connectivity index (χ3v) is 6.25. The lowest BCUT2D eigenvalue weighted by Gasteiger charge is -2.32. The number of piperazine rings is 1. The SMILES string of the molecule is O=C(O)c1cn(-c2ccccc2N2CCOCC2)c2cc(N3CCNCC3)c(F)cc2c1=O. The number of rotatable bonds is 4. The number of benzene rings is 2. The highest BCUT2D eigenvalue weighted by Gasteiger charge is 2.23. The number of aromatic carboxylic acids is 1. The van der Waals surface area contributed by atoms with Crippen molar-refractivity contribution in [3.63, 3.8) is 0 Å². The minimum absolute atomic E-state index is 0.0445. The zero-order valence-corrected chi connectivity index (χ0v) is 18.1. The van der Waals surface area contributed by atoms with Crippen molar-refractivity contribution in [2.75, 3.05) is 62.3 Å². The van der Waals surface area contributed by atoms with Crippen LogP contribution in [0.2, 0.25) is 0 Å². The molecule has 1 aromatic heterocycles. The van der Waals surface area contributed by atoms with E-state index in [9.17, 15) is 14.7 Å². The first kappa shape index (κ1) is 21.4. The fourth-order valence-electron chi connectivity index (χ4n) is 4.57. The molecule has 0 radical (unpaired) electrons. The van der Waals surface area contributed by atoms with Crippen molar-refractivity contribution in [2.45, 2.75) is 0 Å². The molecule has 3 aromatic rings. The Kier molecular flexibility index (Phi) is 5.74. The van der Waals surface area contributed by atoms with Crippen molar-refractivity contribution in [3.8, 4) is 5.69 Å². The molecule has 33 heavy (non-hydrogen) atoms. The van der Waals surface area contributed by atoms with Gasteiger partial charge in [-0.3, -0.25) is 4.79 Å². The number of morpholine rings is 1. The lowest BCUT2D eigenvalue weighted by molar-refractivity contribution is 0.0695. The molecule has 2 N–H and O–H groups in total. The molecule has 172 valence electrons. The fourth-order valence-corrected chi connectivity index (χ4v) is 4.57. The summed E-state index contributed by atoms with van der Waals surface area (Å²) in [6, 6.07) is 10.5. The zero-order valence-electron chi connectivity index (χ0n) is 18.1. The van der Waals surface area contributed by atoms with Gasteiger partial charge in [0.05, 0.1) is 35.8 Å². The predicted octanol–water partition coefficient (Wildman–Crippen LogP) is 2.07. The Bertz CT molecular complexity index is 1260. The summed E-state index contributed by atoms with van der Waals surface area (Å²) >= 11 is 0. The highest BCUT2D eigenvalue weighted by atomic mass is 19.1. The van der Waals surface area contributed by atoms with Gasteiger partial charge in [-0.2, -0.15) is 0 Å². The van der Waals surface area contributed by atoms with Crippen molar-refractivity contribution < 1.29 is 19.0 Å². The first-order valence-corrected chi connectivity index (χ1v) is 11.0. The van der Waals surface area contributed by atoms with E-state index in [-0.39, 0.29) is 5.39 Å². The molecule has 2 aliphatic rings. The van der Waals surface area contributed by atoms with Crippen molar-refractivity contribution in [2.24, 2.45) is 0 Å². The molecule has 0 spiro atoms. The van der Waals surface area contributed by atoms with E-state index in [0.29, 0.717) is 50.6 Å². The van der Waals surface area contributed by atoms with Gasteiger partial charge in [0.25, 0.3) is 0 Å². The minimum atomic E-state index is -1.34. The van der Waals surface area contributed by atoms with Crippen LogP contribution in [0.4, 0.5) is 15.8 Å². The third-order valence-electron chi connectivity index (χ3n) is 6.25. The molecule has 0 bridgehead atoms. The molecular weight excluding hydrogens is 427 g/mol.